The van der Waals surface area contributed by atoms with Gasteiger partial charge in [0.2, 0.25) is 0 Å². The standard InChI is InChI=1S/C19H19N5O3/c20-12-16-2-1-3-17(22-16)23-8-10-24(11-9-23)19(27)21-13-14-4-6-15(7-5-14)18(25)26/h1-7H,8-11,13H2,(H,21,27)(H,25,26). The van der Waals surface area contributed by atoms with Crippen molar-refractivity contribution >= 4 is 17.8 Å². The van der Waals surface area contributed by atoms with Crippen molar-refractivity contribution in [3.05, 3.63) is 59.3 Å². The monoisotopic (exact) mass is 365 g/mol. The molecule has 2 amide bonds. The van der Waals surface area contributed by atoms with Crippen LogP contribution in [-0.4, -0.2) is 53.2 Å². The number of aromatic carboxylic acids is 1. The molecule has 8 nitrogen and oxygen atoms in total. The number of hydrogen-bond donors (Lipinski definition) is 2. The summed E-state index contributed by atoms with van der Waals surface area (Å²) in [6.45, 7) is 2.74. The van der Waals surface area contributed by atoms with E-state index in [0.717, 1.165) is 11.4 Å². The first-order chi connectivity index (χ1) is 13.1. The highest BCUT2D eigenvalue weighted by molar-refractivity contribution is 5.87. The zero-order chi connectivity index (χ0) is 19.2. The van der Waals surface area contributed by atoms with E-state index in [2.05, 4.69) is 15.2 Å². The molecule has 0 atom stereocenters. The second-order valence-corrected chi connectivity index (χ2v) is 6.13. The number of pyridine rings is 1. The summed E-state index contributed by atoms with van der Waals surface area (Å²) < 4.78 is 0. The van der Waals surface area contributed by atoms with Gasteiger partial charge in [-0.3, -0.25) is 0 Å². The molecule has 0 saturated carbocycles. The maximum absolute atomic E-state index is 12.3. The van der Waals surface area contributed by atoms with E-state index in [1.54, 1.807) is 29.2 Å². The largest absolute Gasteiger partial charge is 0.478 e. The number of nitriles is 1. The summed E-state index contributed by atoms with van der Waals surface area (Å²) >= 11 is 0. The molecule has 8 heteroatoms. The number of rotatable bonds is 4. The minimum absolute atomic E-state index is 0.157. The van der Waals surface area contributed by atoms with E-state index in [4.69, 9.17) is 10.4 Å². The van der Waals surface area contributed by atoms with E-state index in [9.17, 15) is 9.59 Å². The number of aromatic nitrogens is 1. The molecule has 0 radical (unpaired) electrons. The molecule has 0 spiro atoms. The summed E-state index contributed by atoms with van der Waals surface area (Å²) in [5.74, 6) is -0.231. The summed E-state index contributed by atoms with van der Waals surface area (Å²) in [5, 5.41) is 20.7. The van der Waals surface area contributed by atoms with Crippen molar-refractivity contribution in [3.63, 3.8) is 0 Å². The molecule has 2 aromatic rings. The Morgan fingerprint density at radius 3 is 2.44 bits per heavy atom. The maximum Gasteiger partial charge on any atom is 0.335 e. The van der Waals surface area contributed by atoms with Gasteiger partial charge in [0.25, 0.3) is 0 Å². The zero-order valence-corrected chi connectivity index (χ0v) is 14.6. The number of nitrogens with one attached hydrogen (secondary N) is 1. The van der Waals surface area contributed by atoms with Crippen molar-refractivity contribution in [2.45, 2.75) is 6.54 Å². The Bertz CT molecular complexity index is 868. The third-order valence-corrected chi connectivity index (χ3v) is 4.38. The van der Waals surface area contributed by atoms with Crippen molar-refractivity contribution in [1.29, 1.82) is 5.26 Å². The number of nitrogens with zero attached hydrogens (tertiary/aromatic N) is 4. The predicted octanol–water partition coefficient (Wildman–Crippen LogP) is 1.68. The van der Waals surface area contributed by atoms with E-state index in [1.807, 2.05) is 12.1 Å². The molecule has 0 aliphatic carbocycles. The second-order valence-electron chi connectivity index (χ2n) is 6.13. The summed E-state index contributed by atoms with van der Waals surface area (Å²) in [4.78, 5) is 31.3. The smallest absolute Gasteiger partial charge is 0.335 e. The fourth-order valence-electron chi connectivity index (χ4n) is 2.85. The van der Waals surface area contributed by atoms with Gasteiger partial charge in [0.05, 0.1) is 5.56 Å². The number of amides is 2. The lowest BCUT2D eigenvalue weighted by Gasteiger charge is -2.35. The van der Waals surface area contributed by atoms with Gasteiger partial charge in [-0.25, -0.2) is 14.6 Å². The first kappa shape index (κ1) is 18.2. The van der Waals surface area contributed by atoms with Gasteiger partial charge < -0.3 is 20.2 Å². The highest BCUT2D eigenvalue weighted by atomic mass is 16.4. The predicted molar refractivity (Wildman–Crippen MR) is 98.4 cm³/mol. The maximum atomic E-state index is 12.3. The molecular formula is C19H19N5O3. The lowest BCUT2D eigenvalue weighted by Crippen LogP contribution is -2.51. The van der Waals surface area contributed by atoms with Crippen molar-refractivity contribution in [2.75, 3.05) is 31.1 Å². The van der Waals surface area contributed by atoms with Crippen LogP contribution in [0.2, 0.25) is 0 Å². The summed E-state index contributed by atoms with van der Waals surface area (Å²) in [5.41, 5.74) is 1.43. The number of benzene rings is 1. The minimum atomic E-state index is -0.974. The molecule has 2 heterocycles. The van der Waals surface area contributed by atoms with Crippen LogP contribution < -0.4 is 10.2 Å². The highest BCUT2D eigenvalue weighted by Crippen LogP contribution is 2.14. The Hall–Kier alpha value is -3.60. The molecule has 1 aromatic heterocycles. The third kappa shape index (κ3) is 4.52. The summed E-state index contributed by atoms with van der Waals surface area (Å²) in [6, 6.07) is 13.6. The highest BCUT2D eigenvalue weighted by Gasteiger charge is 2.21. The average molecular weight is 365 g/mol. The Labute approximate surface area is 156 Å². The molecule has 0 unspecified atom stereocenters. The van der Waals surface area contributed by atoms with Gasteiger partial charge in [-0.05, 0) is 29.8 Å². The molecule has 1 fully saturated rings. The van der Waals surface area contributed by atoms with Crippen LogP contribution in [0.5, 0.6) is 0 Å². The van der Waals surface area contributed by atoms with Crippen LogP contribution in [0, 0.1) is 11.3 Å². The molecule has 0 bridgehead atoms. The number of carbonyl (C=O) groups excluding carboxylic acids is 1. The molecule has 1 aliphatic rings. The van der Waals surface area contributed by atoms with Crippen molar-refractivity contribution < 1.29 is 14.7 Å². The van der Waals surface area contributed by atoms with E-state index < -0.39 is 5.97 Å². The van der Waals surface area contributed by atoms with Gasteiger partial charge in [0.15, 0.2) is 0 Å². The van der Waals surface area contributed by atoms with Crippen LogP contribution >= 0.6 is 0 Å². The number of anilines is 1. The third-order valence-electron chi connectivity index (χ3n) is 4.38. The van der Waals surface area contributed by atoms with Gasteiger partial charge in [-0.15, -0.1) is 0 Å². The quantitative estimate of drug-likeness (QED) is 0.853. The van der Waals surface area contributed by atoms with Crippen molar-refractivity contribution in [1.82, 2.24) is 15.2 Å². The number of carboxylic acid groups (broad SMARTS) is 1. The average Bonchev–Trinajstić information content (AvgIpc) is 2.72. The van der Waals surface area contributed by atoms with Crippen LogP contribution in [0.25, 0.3) is 0 Å². The summed E-state index contributed by atoms with van der Waals surface area (Å²) in [6.07, 6.45) is 0. The first-order valence-corrected chi connectivity index (χ1v) is 8.54. The molecule has 2 N–H and O–H groups in total. The molecule has 138 valence electrons. The lowest BCUT2D eigenvalue weighted by atomic mass is 10.1. The second kappa shape index (κ2) is 8.19. The van der Waals surface area contributed by atoms with Crippen LogP contribution in [-0.2, 0) is 6.54 Å². The van der Waals surface area contributed by atoms with E-state index in [-0.39, 0.29) is 11.6 Å². The Morgan fingerprint density at radius 2 is 1.81 bits per heavy atom. The van der Waals surface area contributed by atoms with Crippen molar-refractivity contribution in [2.24, 2.45) is 0 Å². The van der Waals surface area contributed by atoms with E-state index in [1.165, 1.54) is 12.1 Å². The first-order valence-electron chi connectivity index (χ1n) is 8.54. The van der Waals surface area contributed by atoms with Crippen LogP contribution in [0.1, 0.15) is 21.6 Å². The Kier molecular flexibility index (Phi) is 5.52. The molecule has 1 aromatic carbocycles. The van der Waals surface area contributed by atoms with Gasteiger partial charge >= 0.3 is 12.0 Å². The molecule has 1 saturated heterocycles. The molecule has 1 aliphatic heterocycles. The fourth-order valence-corrected chi connectivity index (χ4v) is 2.85. The number of carboxylic acids is 1. The van der Waals surface area contributed by atoms with E-state index >= 15 is 0 Å². The van der Waals surface area contributed by atoms with Gasteiger partial charge in [-0.1, -0.05) is 18.2 Å². The topological polar surface area (TPSA) is 110 Å². The SMILES string of the molecule is N#Cc1cccc(N2CCN(C(=O)NCc3ccc(C(=O)O)cc3)CC2)n1. The zero-order valence-electron chi connectivity index (χ0n) is 14.6. The fraction of sp³-hybridized carbons (Fsp3) is 0.263. The number of hydrogen-bond acceptors (Lipinski definition) is 5. The minimum Gasteiger partial charge on any atom is -0.478 e. The normalized spacial score (nSPS) is 13.7. The van der Waals surface area contributed by atoms with Gasteiger partial charge in [0, 0.05) is 32.7 Å². The van der Waals surface area contributed by atoms with E-state index in [0.29, 0.717) is 38.4 Å². The Balaban J connectivity index is 1.49. The molecular weight excluding hydrogens is 346 g/mol. The molecule has 27 heavy (non-hydrogen) atoms. The number of urea groups is 1. The van der Waals surface area contributed by atoms with Gasteiger partial charge in [-0.2, -0.15) is 5.26 Å². The van der Waals surface area contributed by atoms with Crippen LogP contribution in [0.4, 0.5) is 10.6 Å². The number of carbonyl (C=O) groups is 2. The molecule has 3 rings (SSSR count). The van der Waals surface area contributed by atoms with Gasteiger partial charge in [0.1, 0.15) is 17.6 Å². The van der Waals surface area contributed by atoms with Crippen LogP contribution in [0.15, 0.2) is 42.5 Å². The summed E-state index contributed by atoms with van der Waals surface area (Å²) in [7, 11) is 0. The lowest BCUT2D eigenvalue weighted by molar-refractivity contribution is 0.0697. The van der Waals surface area contributed by atoms with Crippen LogP contribution in [0.3, 0.4) is 0 Å². The van der Waals surface area contributed by atoms with Crippen molar-refractivity contribution in [3.8, 4) is 6.07 Å². The Morgan fingerprint density at radius 1 is 1.11 bits per heavy atom. The number of piperazine rings is 1.